The molecule has 1 aromatic rings. The summed E-state index contributed by atoms with van der Waals surface area (Å²) >= 11 is 0. The molecule has 0 saturated heterocycles. The summed E-state index contributed by atoms with van der Waals surface area (Å²) in [4.78, 5) is 25.5. The van der Waals surface area contributed by atoms with E-state index >= 15 is 0 Å². The third-order valence-electron chi connectivity index (χ3n) is 1.92. The number of amides is 1. The van der Waals surface area contributed by atoms with Gasteiger partial charge in [0.05, 0.1) is 12.5 Å². The van der Waals surface area contributed by atoms with Crippen molar-refractivity contribution in [2.45, 2.75) is 19.0 Å². The molecule has 0 radical (unpaired) electrons. The Hall–Kier alpha value is -1.95. The summed E-state index contributed by atoms with van der Waals surface area (Å²) in [7, 11) is 0. The zero-order chi connectivity index (χ0) is 12.0. The van der Waals surface area contributed by atoms with E-state index in [-0.39, 0.29) is 6.42 Å². The van der Waals surface area contributed by atoms with Crippen LogP contribution in [0.15, 0.2) is 24.5 Å². The molecule has 0 aliphatic heterocycles. The Morgan fingerprint density at radius 3 is 2.88 bits per heavy atom. The van der Waals surface area contributed by atoms with Crippen LogP contribution in [-0.2, 0) is 16.1 Å². The number of aliphatic carboxylic acids is 1. The molecule has 0 spiro atoms. The van der Waals surface area contributed by atoms with Crippen LogP contribution in [0.25, 0.3) is 0 Å². The number of nitrogens with one attached hydrogen (secondary N) is 1. The molecule has 16 heavy (non-hydrogen) atoms. The van der Waals surface area contributed by atoms with Gasteiger partial charge in [0, 0.05) is 18.9 Å². The van der Waals surface area contributed by atoms with Gasteiger partial charge in [-0.3, -0.25) is 14.6 Å². The van der Waals surface area contributed by atoms with Crippen molar-refractivity contribution in [2.75, 3.05) is 0 Å². The van der Waals surface area contributed by atoms with E-state index in [9.17, 15) is 9.59 Å². The Bertz CT molecular complexity index is 367. The molecule has 4 N–H and O–H groups in total. The Kier molecular flexibility index (Phi) is 4.41. The maximum Gasteiger partial charge on any atom is 0.305 e. The van der Waals surface area contributed by atoms with E-state index in [1.807, 2.05) is 0 Å². The highest BCUT2D eigenvalue weighted by Crippen LogP contribution is 1.95. The van der Waals surface area contributed by atoms with Gasteiger partial charge >= 0.3 is 5.97 Å². The van der Waals surface area contributed by atoms with Gasteiger partial charge in [0.1, 0.15) is 0 Å². The van der Waals surface area contributed by atoms with E-state index < -0.39 is 17.9 Å². The summed E-state index contributed by atoms with van der Waals surface area (Å²) in [6.45, 7) is 0.292. The number of carbonyl (C=O) groups is 2. The van der Waals surface area contributed by atoms with Crippen molar-refractivity contribution in [1.82, 2.24) is 10.3 Å². The van der Waals surface area contributed by atoms with Gasteiger partial charge < -0.3 is 16.2 Å². The van der Waals surface area contributed by atoms with Crippen LogP contribution in [0.3, 0.4) is 0 Å². The molecule has 0 aliphatic rings. The topological polar surface area (TPSA) is 105 Å². The highest BCUT2D eigenvalue weighted by molar-refractivity contribution is 5.85. The number of hydrogen-bond acceptors (Lipinski definition) is 4. The smallest absolute Gasteiger partial charge is 0.305 e. The first kappa shape index (κ1) is 12.1. The third kappa shape index (κ3) is 4.05. The van der Waals surface area contributed by atoms with Crippen molar-refractivity contribution in [3.8, 4) is 0 Å². The SMILES string of the molecule is N[C@@H](CC(=O)O)C(=O)NCc1cccnc1. The summed E-state index contributed by atoms with van der Waals surface area (Å²) in [6.07, 6.45) is 2.86. The Morgan fingerprint density at radius 1 is 1.56 bits per heavy atom. The number of rotatable bonds is 5. The summed E-state index contributed by atoms with van der Waals surface area (Å²) in [6, 6.07) is 2.53. The third-order valence-corrected chi connectivity index (χ3v) is 1.92. The van der Waals surface area contributed by atoms with Crippen LogP contribution in [0.5, 0.6) is 0 Å². The molecule has 1 heterocycles. The quantitative estimate of drug-likeness (QED) is 0.624. The number of nitrogens with two attached hydrogens (primary N) is 1. The van der Waals surface area contributed by atoms with E-state index in [0.29, 0.717) is 6.54 Å². The van der Waals surface area contributed by atoms with Crippen molar-refractivity contribution in [3.63, 3.8) is 0 Å². The fourth-order valence-corrected chi connectivity index (χ4v) is 1.10. The summed E-state index contributed by atoms with van der Waals surface area (Å²) < 4.78 is 0. The van der Waals surface area contributed by atoms with E-state index in [4.69, 9.17) is 10.8 Å². The molecule has 1 rings (SSSR count). The lowest BCUT2D eigenvalue weighted by atomic mass is 10.2. The molecular weight excluding hydrogens is 210 g/mol. The van der Waals surface area contributed by atoms with Gasteiger partial charge in [0.15, 0.2) is 0 Å². The lowest BCUT2D eigenvalue weighted by Gasteiger charge is -2.09. The highest BCUT2D eigenvalue weighted by Gasteiger charge is 2.16. The first-order valence-corrected chi connectivity index (χ1v) is 4.73. The summed E-state index contributed by atoms with van der Waals surface area (Å²) in [5.41, 5.74) is 6.21. The minimum Gasteiger partial charge on any atom is -0.481 e. The summed E-state index contributed by atoms with van der Waals surface area (Å²) in [5, 5.41) is 11.0. The van der Waals surface area contributed by atoms with Gasteiger partial charge in [-0.05, 0) is 11.6 Å². The van der Waals surface area contributed by atoms with E-state index in [2.05, 4.69) is 10.3 Å². The molecule has 0 bridgehead atoms. The minimum absolute atomic E-state index is 0.292. The largest absolute Gasteiger partial charge is 0.481 e. The van der Waals surface area contributed by atoms with Gasteiger partial charge in [0.2, 0.25) is 5.91 Å². The van der Waals surface area contributed by atoms with Crippen molar-refractivity contribution >= 4 is 11.9 Å². The molecule has 0 saturated carbocycles. The molecule has 0 fully saturated rings. The maximum atomic E-state index is 11.3. The molecule has 1 atom stereocenters. The van der Waals surface area contributed by atoms with Crippen molar-refractivity contribution in [3.05, 3.63) is 30.1 Å². The second kappa shape index (κ2) is 5.82. The molecule has 0 aromatic carbocycles. The van der Waals surface area contributed by atoms with Gasteiger partial charge in [-0.2, -0.15) is 0 Å². The van der Waals surface area contributed by atoms with Gasteiger partial charge in [-0.15, -0.1) is 0 Å². The first-order chi connectivity index (χ1) is 7.59. The van der Waals surface area contributed by atoms with Crippen LogP contribution >= 0.6 is 0 Å². The Balaban J connectivity index is 2.38. The molecule has 0 aliphatic carbocycles. The zero-order valence-corrected chi connectivity index (χ0v) is 8.59. The van der Waals surface area contributed by atoms with Gasteiger partial charge in [0.25, 0.3) is 0 Å². The molecule has 0 unspecified atom stereocenters. The molecule has 6 nitrogen and oxygen atoms in total. The molecule has 6 heteroatoms. The van der Waals surface area contributed by atoms with Crippen LogP contribution in [-0.4, -0.2) is 28.0 Å². The van der Waals surface area contributed by atoms with Crippen molar-refractivity contribution in [2.24, 2.45) is 5.73 Å². The van der Waals surface area contributed by atoms with Gasteiger partial charge in [-0.25, -0.2) is 0 Å². The number of carboxylic acid groups (broad SMARTS) is 1. The summed E-state index contributed by atoms with van der Waals surface area (Å²) in [5.74, 6) is -1.57. The number of carboxylic acids is 1. The number of carbonyl (C=O) groups excluding carboxylic acids is 1. The van der Waals surface area contributed by atoms with Crippen LogP contribution in [0.2, 0.25) is 0 Å². The predicted molar refractivity (Wildman–Crippen MR) is 56.3 cm³/mol. The molecular formula is C10H13N3O3. The lowest BCUT2D eigenvalue weighted by molar-refractivity contribution is -0.139. The fourth-order valence-electron chi connectivity index (χ4n) is 1.10. The van der Waals surface area contributed by atoms with Crippen molar-refractivity contribution in [1.29, 1.82) is 0 Å². The Labute approximate surface area is 92.5 Å². The lowest BCUT2D eigenvalue weighted by Crippen LogP contribution is -2.41. The van der Waals surface area contributed by atoms with Gasteiger partial charge in [-0.1, -0.05) is 6.07 Å². The maximum absolute atomic E-state index is 11.3. The van der Waals surface area contributed by atoms with E-state index in [0.717, 1.165) is 5.56 Å². The first-order valence-electron chi connectivity index (χ1n) is 4.73. The number of nitrogens with zero attached hydrogens (tertiary/aromatic N) is 1. The standard InChI is InChI=1S/C10H13N3O3/c11-8(4-9(14)15)10(16)13-6-7-2-1-3-12-5-7/h1-3,5,8H,4,6,11H2,(H,13,16)(H,14,15)/t8-/m0/s1. The monoisotopic (exact) mass is 223 g/mol. The van der Waals surface area contributed by atoms with Crippen LogP contribution in [0.1, 0.15) is 12.0 Å². The van der Waals surface area contributed by atoms with E-state index in [1.54, 1.807) is 24.5 Å². The molecule has 86 valence electrons. The second-order valence-electron chi connectivity index (χ2n) is 3.28. The average molecular weight is 223 g/mol. The second-order valence-corrected chi connectivity index (χ2v) is 3.28. The van der Waals surface area contributed by atoms with Crippen molar-refractivity contribution < 1.29 is 14.7 Å². The predicted octanol–water partition coefficient (Wildman–Crippen LogP) is -0.500. The number of hydrogen-bond donors (Lipinski definition) is 3. The number of aromatic nitrogens is 1. The van der Waals surface area contributed by atoms with Crippen LogP contribution in [0, 0.1) is 0 Å². The van der Waals surface area contributed by atoms with Crippen LogP contribution in [0.4, 0.5) is 0 Å². The highest BCUT2D eigenvalue weighted by atomic mass is 16.4. The Morgan fingerprint density at radius 2 is 2.31 bits per heavy atom. The normalized spacial score (nSPS) is 11.8. The molecule has 1 aromatic heterocycles. The molecule has 1 amide bonds. The average Bonchev–Trinajstić information content (AvgIpc) is 2.26. The van der Waals surface area contributed by atoms with E-state index in [1.165, 1.54) is 0 Å². The number of pyridine rings is 1. The minimum atomic E-state index is -1.09. The zero-order valence-electron chi connectivity index (χ0n) is 8.59. The van der Waals surface area contributed by atoms with Crippen LogP contribution < -0.4 is 11.1 Å². The fraction of sp³-hybridized carbons (Fsp3) is 0.300.